The summed E-state index contributed by atoms with van der Waals surface area (Å²) in [5, 5.41) is 9.72. The Labute approximate surface area is 145 Å². The summed E-state index contributed by atoms with van der Waals surface area (Å²) in [6, 6.07) is 7.67. The molecule has 0 atom stereocenters. The summed E-state index contributed by atoms with van der Waals surface area (Å²) < 4.78 is 13.8. The first kappa shape index (κ1) is 14.8. The standard InChI is InChI=1S/C19H19ClFN3/c20-14-7-5-13(6-8-14)19(9-15(21)10-19)18-22-16(11-1-2-11)17(23-24-18)12-3-4-12/h5-8,11-12,15H,1-4,9-10H2. The van der Waals surface area contributed by atoms with E-state index in [1.165, 1.54) is 25.7 Å². The molecule has 0 amide bonds. The van der Waals surface area contributed by atoms with Crippen molar-refractivity contribution in [2.45, 2.75) is 61.9 Å². The first-order valence-corrected chi connectivity index (χ1v) is 9.18. The number of alkyl halides is 1. The van der Waals surface area contributed by atoms with Crippen LogP contribution in [0.5, 0.6) is 0 Å². The normalized spacial score (nSPS) is 29.3. The summed E-state index contributed by atoms with van der Waals surface area (Å²) in [5.41, 5.74) is 2.84. The van der Waals surface area contributed by atoms with Gasteiger partial charge in [-0.2, -0.15) is 5.10 Å². The molecule has 1 aromatic carbocycles. The summed E-state index contributed by atoms with van der Waals surface area (Å²) in [5.74, 6) is 1.79. The van der Waals surface area contributed by atoms with Crippen LogP contribution in [0.4, 0.5) is 4.39 Å². The minimum Gasteiger partial charge on any atom is -0.247 e. The Hall–Kier alpha value is -1.55. The van der Waals surface area contributed by atoms with Gasteiger partial charge in [0.15, 0.2) is 5.82 Å². The molecule has 0 aliphatic heterocycles. The van der Waals surface area contributed by atoms with Crippen molar-refractivity contribution in [3.8, 4) is 0 Å². The molecule has 0 saturated heterocycles. The summed E-state index contributed by atoms with van der Waals surface area (Å²) in [6.07, 6.45) is 4.85. The Balaban J connectivity index is 1.59. The molecule has 3 fully saturated rings. The van der Waals surface area contributed by atoms with Crippen LogP contribution in [0.1, 0.15) is 73.1 Å². The van der Waals surface area contributed by atoms with E-state index in [1.54, 1.807) is 0 Å². The molecule has 3 aliphatic carbocycles. The smallest absolute Gasteiger partial charge is 0.161 e. The second-order valence-electron chi connectivity index (χ2n) is 7.55. The minimum atomic E-state index is -0.795. The molecule has 124 valence electrons. The Kier molecular flexibility index (Phi) is 3.21. The van der Waals surface area contributed by atoms with Crippen LogP contribution in [0.15, 0.2) is 24.3 Å². The zero-order valence-corrected chi connectivity index (χ0v) is 14.1. The average molecular weight is 344 g/mol. The van der Waals surface area contributed by atoms with E-state index in [4.69, 9.17) is 16.6 Å². The van der Waals surface area contributed by atoms with Crippen molar-refractivity contribution in [3.63, 3.8) is 0 Å². The number of nitrogens with zero attached hydrogens (tertiary/aromatic N) is 3. The lowest BCUT2D eigenvalue weighted by Crippen LogP contribution is -2.45. The van der Waals surface area contributed by atoms with Gasteiger partial charge in [-0.25, -0.2) is 9.37 Å². The van der Waals surface area contributed by atoms with Crippen molar-refractivity contribution in [1.82, 2.24) is 15.2 Å². The van der Waals surface area contributed by atoms with Gasteiger partial charge in [0.25, 0.3) is 0 Å². The largest absolute Gasteiger partial charge is 0.247 e. The lowest BCUT2D eigenvalue weighted by molar-refractivity contribution is 0.115. The van der Waals surface area contributed by atoms with Crippen LogP contribution in [-0.2, 0) is 5.41 Å². The van der Waals surface area contributed by atoms with Gasteiger partial charge in [-0.3, -0.25) is 0 Å². The van der Waals surface area contributed by atoms with E-state index in [9.17, 15) is 4.39 Å². The van der Waals surface area contributed by atoms with Crippen LogP contribution in [0.25, 0.3) is 0 Å². The van der Waals surface area contributed by atoms with Crippen molar-refractivity contribution >= 4 is 11.6 Å². The number of hydrogen-bond acceptors (Lipinski definition) is 3. The molecule has 0 spiro atoms. The van der Waals surface area contributed by atoms with E-state index in [0.717, 1.165) is 17.0 Å². The molecule has 0 unspecified atom stereocenters. The lowest BCUT2D eigenvalue weighted by atomic mass is 9.62. The third-order valence-corrected chi connectivity index (χ3v) is 5.89. The molecule has 24 heavy (non-hydrogen) atoms. The highest BCUT2D eigenvalue weighted by Crippen LogP contribution is 2.51. The number of benzene rings is 1. The third kappa shape index (κ3) is 2.34. The molecule has 3 nitrogen and oxygen atoms in total. The molecule has 3 saturated carbocycles. The molecule has 0 N–H and O–H groups in total. The van der Waals surface area contributed by atoms with E-state index < -0.39 is 11.6 Å². The van der Waals surface area contributed by atoms with E-state index in [2.05, 4.69) is 10.2 Å². The number of halogens is 2. The van der Waals surface area contributed by atoms with Crippen LogP contribution in [0.2, 0.25) is 5.02 Å². The molecule has 5 heteroatoms. The predicted molar refractivity (Wildman–Crippen MR) is 90.1 cm³/mol. The Morgan fingerprint density at radius 1 is 0.917 bits per heavy atom. The zero-order chi connectivity index (χ0) is 16.3. The maximum atomic E-state index is 13.8. The highest BCUT2D eigenvalue weighted by molar-refractivity contribution is 6.30. The molecular formula is C19H19ClFN3. The van der Waals surface area contributed by atoms with Crippen LogP contribution in [0, 0.1) is 0 Å². The maximum Gasteiger partial charge on any atom is 0.161 e. The Morgan fingerprint density at radius 2 is 1.54 bits per heavy atom. The van der Waals surface area contributed by atoms with Crippen LogP contribution in [-0.4, -0.2) is 21.4 Å². The van der Waals surface area contributed by atoms with Crippen molar-refractivity contribution in [1.29, 1.82) is 0 Å². The fourth-order valence-electron chi connectivity index (χ4n) is 3.87. The van der Waals surface area contributed by atoms with E-state index >= 15 is 0 Å². The number of aromatic nitrogens is 3. The highest BCUT2D eigenvalue weighted by Gasteiger charge is 2.51. The van der Waals surface area contributed by atoms with E-state index in [0.29, 0.717) is 35.5 Å². The van der Waals surface area contributed by atoms with Gasteiger partial charge in [0.05, 0.1) is 16.8 Å². The molecular weight excluding hydrogens is 325 g/mol. The number of hydrogen-bond donors (Lipinski definition) is 0. The van der Waals surface area contributed by atoms with E-state index in [-0.39, 0.29) is 0 Å². The Bertz CT molecular complexity index is 778. The zero-order valence-electron chi connectivity index (χ0n) is 13.4. The Morgan fingerprint density at radius 3 is 2.12 bits per heavy atom. The minimum absolute atomic E-state index is 0.434. The average Bonchev–Trinajstić information content (AvgIpc) is 3.45. The monoisotopic (exact) mass is 343 g/mol. The first-order chi connectivity index (χ1) is 11.7. The van der Waals surface area contributed by atoms with Crippen molar-refractivity contribution in [3.05, 3.63) is 52.1 Å². The van der Waals surface area contributed by atoms with Gasteiger partial charge in [-0.15, -0.1) is 5.10 Å². The van der Waals surface area contributed by atoms with Crippen molar-refractivity contribution < 1.29 is 4.39 Å². The van der Waals surface area contributed by atoms with Gasteiger partial charge < -0.3 is 0 Å². The topological polar surface area (TPSA) is 38.7 Å². The number of rotatable bonds is 4. The molecule has 2 aromatic rings. The lowest BCUT2D eigenvalue weighted by Gasteiger charge is -2.43. The summed E-state index contributed by atoms with van der Waals surface area (Å²) in [6.45, 7) is 0. The predicted octanol–water partition coefficient (Wildman–Crippen LogP) is 4.70. The third-order valence-electron chi connectivity index (χ3n) is 5.63. The van der Waals surface area contributed by atoms with Crippen LogP contribution >= 0.6 is 11.6 Å². The summed E-state index contributed by atoms with van der Waals surface area (Å²) in [4.78, 5) is 4.95. The van der Waals surface area contributed by atoms with Gasteiger partial charge in [-0.1, -0.05) is 23.7 Å². The first-order valence-electron chi connectivity index (χ1n) is 8.81. The van der Waals surface area contributed by atoms with Gasteiger partial charge in [0, 0.05) is 16.9 Å². The molecule has 0 radical (unpaired) electrons. The van der Waals surface area contributed by atoms with Gasteiger partial charge >= 0.3 is 0 Å². The van der Waals surface area contributed by atoms with Crippen molar-refractivity contribution in [2.75, 3.05) is 0 Å². The SMILES string of the molecule is FC1CC(c2ccc(Cl)cc2)(c2nnc(C3CC3)c(C3CC3)n2)C1. The van der Waals surface area contributed by atoms with Crippen molar-refractivity contribution in [2.24, 2.45) is 0 Å². The van der Waals surface area contributed by atoms with Gasteiger partial charge in [-0.05, 0) is 56.2 Å². The molecule has 1 aromatic heterocycles. The highest BCUT2D eigenvalue weighted by atomic mass is 35.5. The fraction of sp³-hybridized carbons (Fsp3) is 0.526. The van der Waals surface area contributed by atoms with Gasteiger partial charge in [0.1, 0.15) is 6.17 Å². The molecule has 1 heterocycles. The molecule has 5 rings (SSSR count). The molecule has 0 bridgehead atoms. The second-order valence-corrected chi connectivity index (χ2v) is 7.99. The molecule has 3 aliphatic rings. The van der Waals surface area contributed by atoms with Crippen LogP contribution in [0.3, 0.4) is 0 Å². The van der Waals surface area contributed by atoms with Gasteiger partial charge in [0.2, 0.25) is 0 Å². The fourth-order valence-corrected chi connectivity index (χ4v) is 3.99. The summed E-state index contributed by atoms with van der Waals surface area (Å²) >= 11 is 6.02. The second kappa shape index (κ2) is 5.22. The maximum absolute atomic E-state index is 13.8. The quantitative estimate of drug-likeness (QED) is 0.807. The summed E-state index contributed by atoms with van der Waals surface area (Å²) in [7, 11) is 0. The van der Waals surface area contributed by atoms with E-state index in [1.807, 2.05) is 24.3 Å². The van der Waals surface area contributed by atoms with Crippen LogP contribution < -0.4 is 0 Å².